The predicted molar refractivity (Wildman–Crippen MR) is 55.0 cm³/mol. The number of alkyl halides is 6. The summed E-state index contributed by atoms with van der Waals surface area (Å²) in [6.07, 6.45) is -9.41. The molecule has 1 heterocycles. The largest absolute Gasteiger partial charge is 1.00 e. The Bertz CT molecular complexity index is 607. The Labute approximate surface area is 136 Å². The van der Waals surface area contributed by atoms with Crippen LogP contribution in [-0.2, 0) is 0 Å². The molecule has 5 nitrogen and oxygen atoms in total. The van der Waals surface area contributed by atoms with Crippen LogP contribution < -0.4 is 29.6 Å². The van der Waals surface area contributed by atoms with Crippen LogP contribution in [0, 0.1) is 10.1 Å². The third-order valence-corrected chi connectivity index (χ3v) is 2.44. The Morgan fingerprint density at radius 2 is 1.76 bits per heavy atom. The molecular formula is C9H4F6N3NaO2. The van der Waals surface area contributed by atoms with Crippen molar-refractivity contribution in [2.75, 3.05) is 0 Å². The maximum Gasteiger partial charge on any atom is 1.00 e. The van der Waals surface area contributed by atoms with E-state index >= 15 is 0 Å². The molecule has 110 valence electrons. The van der Waals surface area contributed by atoms with E-state index < -0.39 is 46.1 Å². The minimum Gasteiger partial charge on any atom is -1.00 e. The Morgan fingerprint density at radius 3 is 2.19 bits per heavy atom. The molecule has 2 aliphatic rings. The van der Waals surface area contributed by atoms with E-state index in [1.165, 1.54) is 0 Å². The number of amidine groups is 1. The second-order valence-corrected chi connectivity index (χ2v) is 3.80. The monoisotopic (exact) mass is 323 g/mol. The second kappa shape index (κ2) is 5.54. The van der Waals surface area contributed by atoms with Gasteiger partial charge in [-0.05, 0) is 6.08 Å². The summed E-state index contributed by atoms with van der Waals surface area (Å²) in [6.45, 7) is 0. The molecule has 0 saturated heterocycles. The summed E-state index contributed by atoms with van der Waals surface area (Å²) in [6, 6.07) is -1.76. The zero-order valence-corrected chi connectivity index (χ0v) is 12.2. The topological polar surface area (TPSA) is 67.9 Å². The van der Waals surface area contributed by atoms with Crippen LogP contribution in [0.1, 0.15) is 1.43 Å². The smallest absolute Gasteiger partial charge is 1.00 e. The van der Waals surface area contributed by atoms with Crippen molar-refractivity contribution < 1.29 is 62.2 Å². The molecule has 0 aromatic carbocycles. The van der Waals surface area contributed by atoms with Crippen LogP contribution in [0.2, 0.25) is 0 Å². The van der Waals surface area contributed by atoms with Crippen LogP contribution in [-0.4, -0.2) is 34.9 Å². The van der Waals surface area contributed by atoms with Gasteiger partial charge in [0.25, 0.3) is 5.70 Å². The van der Waals surface area contributed by atoms with Gasteiger partial charge in [-0.15, -0.1) is 0 Å². The summed E-state index contributed by atoms with van der Waals surface area (Å²) in [4.78, 5) is 15.3. The van der Waals surface area contributed by atoms with Gasteiger partial charge in [0, 0.05) is 6.08 Å². The molecule has 1 unspecified atom stereocenters. The fourth-order valence-corrected chi connectivity index (χ4v) is 1.63. The van der Waals surface area contributed by atoms with Crippen molar-refractivity contribution >= 4 is 11.5 Å². The van der Waals surface area contributed by atoms with Gasteiger partial charge < -0.3 is 1.43 Å². The SMILES string of the molecule is O=[N+]([O-])C1=CC(C(F)(F)F)=CC2N=C(C(F)(F)F)N=C12.[H-].[Na+]. The Hall–Kier alpha value is -1.20. The van der Waals surface area contributed by atoms with E-state index in [0.29, 0.717) is 6.08 Å². The fraction of sp³-hybridized carbons (Fsp3) is 0.333. The molecule has 0 aromatic rings. The van der Waals surface area contributed by atoms with Gasteiger partial charge >= 0.3 is 41.9 Å². The maximum absolute atomic E-state index is 12.5. The van der Waals surface area contributed by atoms with Gasteiger partial charge in [-0.25, -0.2) is 9.98 Å². The molecule has 1 aliphatic carbocycles. The zero-order chi connectivity index (χ0) is 15.3. The summed E-state index contributed by atoms with van der Waals surface area (Å²) in [5.41, 5.74) is -3.33. The van der Waals surface area contributed by atoms with Crippen molar-refractivity contribution in [3.63, 3.8) is 0 Å². The van der Waals surface area contributed by atoms with Gasteiger partial charge in [-0.1, -0.05) is 0 Å². The molecule has 0 N–H and O–H groups in total. The normalized spacial score (nSPS) is 21.5. The molecule has 0 aromatic heterocycles. The van der Waals surface area contributed by atoms with Crippen LogP contribution in [0.4, 0.5) is 26.3 Å². The van der Waals surface area contributed by atoms with Gasteiger partial charge in [0.1, 0.15) is 11.8 Å². The molecule has 2 rings (SSSR count). The van der Waals surface area contributed by atoms with Crippen molar-refractivity contribution in [2.24, 2.45) is 9.98 Å². The van der Waals surface area contributed by atoms with Crippen LogP contribution in [0.5, 0.6) is 0 Å². The minimum absolute atomic E-state index is 0. The molecule has 0 spiro atoms. The van der Waals surface area contributed by atoms with Gasteiger partial charge in [-0.3, -0.25) is 10.1 Å². The summed E-state index contributed by atoms with van der Waals surface area (Å²) in [5, 5.41) is 10.7. The van der Waals surface area contributed by atoms with Gasteiger partial charge in [0.15, 0.2) is 0 Å². The molecule has 0 bridgehead atoms. The number of allylic oxidation sites excluding steroid dienone is 2. The number of fused-ring (bicyclic) bond motifs is 1. The van der Waals surface area contributed by atoms with E-state index in [0.717, 1.165) is 0 Å². The Kier molecular flexibility index (Phi) is 4.71. The average molecular weight is 323 g/mol. The Balaban J connectivity index is 0.00000220. The van der Waals surface area contributed by atoms with Crippen LogP contribution in [0.15, 0.2) is 33.4 Å². The zero-order valence-electron chi connectivity index (χ0n) is 11.2. The van der Waals surface area contributed by atoms with Crippen molar-refractivity contribution in [1.82, 2.24) is 0 Å². The third-order valence-electron chi connectivity index (χ3n) is 2.44. The van der Waals surface area contributed by atoms with Gasteiger partial charge in [0.2, 0.25) is 5.84 Å². The molecule has 0 radical (unpaired) electrons. The van der Waals surface area contributed by atoms with E-state index in [1.54, 1.807) is 0 Å². The first-order valence-electron chi connectivity index (χ1n) is 4.89. The van der Waals surface area contributed by atoms with Crippen molar-refractivity contribution in [3.8, 4) is 0 Å². The number of nitrogens with zero attached hydrogens (tertiary/aromatic N) is 3. The maximum atomic E-state index is 12.5. The Morgan fingerprint density at radius 1 is 1.19 bits per heavy atom. The number of hydrogen-bond donors (Lipinski definition) is 0. The summed E-state index contributed by atoms with van der Waals surface area (Å²) >= 11 is 0. The van der Waals surface area contributed by atoms with E-state index in [-0.39, 0.29) is 37.1 Å². The van der Waals surface area contributed by atoms with Crippen LogP contribution in [0.25, 0.3) is 0 Å². The second-order valence-electron chi connectivity index (χ2n) is 3.80. The summed E-state index contributed by atoms with van der Waals surface area (Å²) < 4.78 is 74.7. The molecule has 0 saturated carbocycles. The third kappa shape index (κ3) is 3.52. The van der Waals surface area contributed by atoms with Crippen LogP contribution in [0.3, 0.4) is 0 Å². The fourth-order valence-electron chi connectivity index (χ4n) is 1.63. The number of halogens is 6. The first kappa shape index (κ1) is 17.9. The van der Waals surface area contributed by atoms with Gasteiger partial charge in [0.05, 0.1) is 10.5 Å². The molecule has 0 amide bonds. The standard InChI is InChI=1S/C9H3F6N3O2.Na.H/c10-8(11,12)3-1-4-6(5(2-3)18(19)20)17-7(16-4)9(13,14)15;;/h1-2,4H;;/q;+1;-1. The summed E-state index contributed by atoms with van der Waals surface area (Å²) in [7, 11) is 0. The average Bonchev–Trinajstić information content (AvgIpc) is 2.68. The summed E-state index contributed by atoms with van der Waals surface area (Å²) in [5.74, 6) is -1.69. The first-order chi connectivity index (χ1) is 9.00. The number of hydrogen-bond acceptors (Lipinski definition) is 4. The molecule has 21 heavy (non-hydrogen) atoms. The number of rotatable bonds is 1. The molecule has 1 atom stereocenters. The molecule has 1 aliphatic heterocycles. The van der Waals surface area contributed by atoms with Gasteiger partial charge in [-0.2, -0.15) is 26.3 Å². The minimum atomic E-state index is -4.99. The number of aliphatic imine (C=N–C) groups is 2. The predicted octanol–water partition coefficient (Wildman–Crippen LogP) is -0.450. The molecule has 12 heteroatoms. The van der Waals surface area contributed by atoms with Crippen molar-refractivity contribution in [1.29, 1.82) is 0 Å². The van der Waals surface area contributed by atoms with E-state index in [1.807, 2.05) is 0 Å². The van der Waals surface area contributed by atoms with Crippen molar-refractivity contribution in [2.45, 2.75) is 18.4 Å². The number of nitro groups is 1. The molecular weight excluding hydrogens is 319 g/mol. The van der Waals surface area contributed by atoms with Crippen LogP contribution >= 0.6 is 0 Å². The quantitative estimate of drug-likeness (QED) is 0.284. The van der Waals surface area contributed by atoms with E-state index in [9.17, 15) is 36.5 Å². The van der Waals surface area contributed by atoms with E-state index in [4.69, 9.17) is 0 Å². The first-order valence-corrected chi connectivity index (χ1v) is 4.89. The van der Waals surface area contributed by atoms with Crippen molar-refractivity contribution in [3.05, 3.63) is 33.5 Å². The molecule has 0 fully saturated rings. The van der Waals surface area contributed by atoms with E-state index in [2.05, 4.69) is 9.98 Å².